The van der Waals surface area contributed by atoms with Gasteiger partial charge in [-0.1, -0.05) is 36.4 Å². The average Bonchev–Trinajstić information content (AvgIpc) is 2.57. The van der Waals surface area contributed by atoms with Crippen LogP contribution < -0.4 is 14.8 Å². The predicted molar refractivity (Wildman–Crippen MR) is 87.0 cm³/mol. The smallest absolute Gasteiger partial charge is 0.330 e. The van der Waals surface area contributed by atoms with E-state index in [1.807, 2.05) is 67.6 Å². The van der Waals surface area contributed by atoms with E-state index in [9.17, 15) is 0 Å². The van der Waals surface area contributed by atoms with Gasteiger partial charge < -0.3 is 14.8 Å². The van der Waals surface area contributed by atoms with Gasteiger partial charge in [-0.3, -0.25) is 0 Å². The monoisotopic (exact) mass is 308 g/mol. The molecular weight excluding hydrogens is 292 g/mol. The van der Waals surface area contributed by atoms with E-state index in [0.717, 1.165) is 0 Å². The summed E-state index contributed by atoms with van der Waals surface area (Å²) in [4.78, 5) is 12.6. The minimum Gasteiger partial charge on any atom is -0.424 e. The minimum atomic E-state index is 0.174. The highest BCUT2D eigenvalue weighted by Crippen LogP contribution is 2.23. The van der Waals surface area contributed by atoms with Crippen LogP contribution in [0.15, 0.2) is 60.7 Å². The molecule has 6 heteroatoms. The quantitative estimate of drug-likeness (QED) is 0.745. The number of nitrogens with zero attached hydrogens (tertiary/aromatic N) is 3. The van der Waals surface area contributed by atoms with Crippen LogP contribution >= 0.6 is 0 Å². The number of hydrogen-bond donors (Lipinski definition) is 1. The summed E-state index contributed by atoms with van der Waals surface area (Å²) in [6.07, 6.45) is 0. The van der Waals surface area contributed by atoms with Gasteiger partial charge in [-0.25, -0.2) is 0 Å². The summed E-state index contributed by atoms with van der Waals surface area (Å²) in [5, 5.41) is 3.04. The highest BCUT2D eigenvalue weighted by atomic mass is 16.5. The third-order valence-corrected chi connectivity index (χ3v) is 2.83. The molecule has 0 bridgehead atoms. The van der Waals surface area contributed by atoms with Crippen molar-refractivity contribution in [2.45, 2.75) is 6.92 Å². The Balaban J connectivity index is 1.86. The molecule has 0 amide bonds. The maximum atomic E-state index is 5.66. The molecule has 3 aromatic rings. The Morgan fingerprint density at radius 3 is 1.65 bits per heavy atom. The number of benzene rings is 2. The van der Waals surface area contributed by atoms with E-state index in [1.54, 1.807) is 0 Å². The van der Waals surface area contributed by atoms with Crippen LogP contribution in [0.25, 0.3) is 0 Å². The lowest BCUT2D eigenvalue weighted by molar-refractivity contribution is 0.398. The maximum Gasteiger partial charge on any atom is 0.330 e. The first kappa shape index (κ1) is 14.8. The standard InChI is InChI=1S/C17H16N4O2/c1-2-18-15-19-16(22-13-9-5-3-6-10-13)21-17(20-15)23-14-11-7-4-8-12-14/h3-12H,2H2,1H3,(H,18,19,20,21). The lowest BCUT2D eigenvalue weighted by atomic mass is 10.3. The molecule has 2 aromatic carbocycles. The second-order valence-electron chi connectivity index (χ2n) is 4.58. The zero-order chi connectivity index (χ0) is 15.9. The van der Waals surface area contributed by atoms with Crippen molar-refractivity contribution >= 4 is 5.95 Å². The van der Waals surface area contributed by atoms with Gasteiger partial charge in [-0.2, -0.15) is 9.97 Å². The van der Waals surface area contributed by atoms with Crippen molar-refractivity contribution < 1.29 is 9.47 Å². The molecular formula is C17H16N4O2. The molecule has 0 saturated carbocycles. The van der Waals surface area contributed by atoms with Crippen LogP contribution in [-0.2, 0) is 0 Å². The fourth-order valence-electron chi connectivity index (χ4n) is 1.85. The van der Waals surface area contributed by atoms with Crippen LogP contribution in [0.2, 0.25) is 0 Å². The molecule has 0 saturated heterocycles. The molecule has 0 spiro atoms. The topological polar surface area (TPSA) is 69.2 Å². The van der Waals surface area contributed by atoms with E-state index in [1.165, 1.54) is 0 Å². The lowest BCUT2D eigenvalue weighted by Gasteiger charge is -2.09. The number of anilines is 1. The molecule has 1 heterocycles. The van der Waals surface area contributed by atoms with Crippen LogP contribution in [-0.4, -0.2) is 21.5 Å². The van der Waals surface area contributed by atoms with Gasteiger partial charge in [0.2, 0.25) is 5.95 Å². The summed E-state index contributed by atoms with van der Waals surface area (Å²) in [7, 11) is 0. The molecule has 3 rings (SSSR count). The number of nitrogens with one attached hydrogen (secondary N) is 1. The van der Waals surface area contributed by atoms with E-state index in [-0.39, 0.29) is 12.0 Å². The number of rotatable bonds is 6. The number of hydrogen-bond acceptors (Lipinski definition) is 6. The second kappa shape index (κ2) is 7.22. The van der Waals surface area contributed by atoms with Gasteiger partial charge in [-0.15, -0.1) is 4.98 Å². The second-order valence-corrected chi connectivity index (χ2v) is 4.58. The molecule has 0 aliphatic heterocycles. The van der Waals surface area contributed by atoms with Crippen LogP contribution in [0.5, 0.6) is 23.5 Å². The molecule has 0 aliphatic rings. The highest BCUT2D eigenvalue weighted by Gasteiger charge is 2.10. The van der Waals surface area contributed by atoms with Gasteiger partial charge in [0.05, 0.1) is 0 Å². The largest absolute Gasteiger partial charge is 0.424 e. The van der Waals surface area contributed by atoms with Crippen molar-refractivity contribution in [1.82, 2.24) is 15.0 Å². The first-order chi connectivity index (χ1) is 11.3. The fraction of sp³-hybridized carbons (Fsp3) is 0.118. The van der Waals surface area contributed by atoms with Gasteiger partial charge in [0.1, 0.15) is 11.5 Å². The molecule has 1 aromatic heterocycles. The lowest BCUT2D eigenvalue weighted by Crippen LogP contribution is -2.06. The van der Waals surface area contributed by atoms with Crippen molar-refractivity contribution in [2.24, 2.45) is 0 Å². The van der Waals surface area contributed by atoms with Crippen LogP contribution in [0.4, 0.5) is 5.95 Å². The van der Waals surface area contributed by atoms with E-state index in [0.29, 0.717) is 24.0 Å². The normalized spacial score (nSPS) is 10.1. The fourth-order valence-corrected chi connectivity index (χ4v) is 1.85. The number of para-hydroxylation sites is 2. The summed E-state index contributed by atoms with van der Waals surface area (Å²) in [6, 6.07) is 19.0. The summed E-state index contributed by atoms with van der Waals surface area (Å²) < 4.78 is 11.3. The van der Waals surface area contributed by atoms with Crippen LogP contribution in [0, 0.1) is 0 Å². The Morgan fingerprint density at radius 2 is 1.22 bits per heavy atom. The molecule has 6 nitrogen and oxygen atoms in total. The van der Waals surface area contributed by atoms with E-state index < -0.39 is 0 Å². The highest BCUT2D eigenvalue weighted by molar-refractivity contribution is 5.32. The number of aromatic nitrogens is 3. The van der Waals surface area contributed by atoms with Crippen molar-refractivity contribution in [2.75, 3.05) is 11.9 Å². The number of ether oxygens (including phenoxy) is 2. The SMILES string of the molecule is CCNc1nc(Oc2ccccc2)nc(Oc2ccccc2)n1. The Bertz CT molecular complexity index is 691. The zero-order valence-electron chi connectivity index (χ0n) is 12.6. The molecule has 0 atom stereocenters. The van der Waals surface area contributed by atoms with E-state index in [4.69, 9.17) is 9.47 Å². The molecule has 0 unspecified atom stereocenters. The van der Waals surface area contributed by atoms with Crippen LogP contribution in [0.3, 0.4) is 0 Å². The van der Waals surface area contributed by atoms with Gasteiger partial charge in [0.25, 0.3) is 0 Å². The minimum absolute atomic E-state index is 0.174. The van der Waals surface area contributed by atoms with Gasteiger partial charge in [-0.05, 0) is 31.2 Å². The zero-order valence-corrected chi connectivity index (χ0v) is 12.6. The Morgan fingerprint density at radius 1 is 0.739 bits per heavy atom. The summed E-state index contributed by atoms with van der Waals surface area (Å²) in [5.74, 6) is 1.69. The van der Waals surface area contributed by atoms with Crippen molar-refractivity contribution in [1.29, 1.82) is 0 Å². The average molecular weight is 308 g/mol. The first-order valence-corrected chi connectivity index (χ1v) is 7.29. The first-order valence-electron chi connectivity index (χ1n) is 7.29. The molecule has 23 heavy (non-hydrogen) atoms. The van der Waals surface area contributed by atoms with E-state index >= 15 is 0 Å². The third-order valence-electron chi connectivity index (χ3n) is 2.83. The van der Waals surface area contributed by atoms with Crippen LogP contribution in [0.1, 0.15) is 6.92 Å². The predicted octanol–water partition coefficient (Wildman–Crippen LogP) is 3.89. The van der Waals surface area contributed by atoms with Crippen molar-refractivity contribution in [3.8, 4) is 23.5 Å². The Kier molecular flexibility index (Phi) is 4.63. The van der Waals surface area contributed by atoms with Crippen molar-refractivity contribution in [3.05, 3.63) is 60.7 Å². The maximum absolute atomic E-state index is 5.66. The van der Waals surface area contributed by atoms with Gasteiger partial charge >= 0.3 is 12.0 Å². The summed E-state index contributed by atoms with van der Waals surface area (Å²) >= 11 is 0. The van der Waals surface area contributed by atoms with Gasteiger partial charge in [0, 0.05) is 6.54 Å². The molecule has 0 aliphatic carbocycles. The van der Waals surface area contributed by atoms with Gasteiger partial charge in [0.15, 0.2) is 0 Å². The van der Waals surface area contributed by atoms with E-state index in [2.05, 4.69) is 20.3 Å². The Hall–Kier alpha value is -3.15. The van der Waals surface area contributed by atoms with Crippen molar-refractivity contribution in [3.63, 3.8) is 0 Å². The Labute approximate surface area is 134 Å². The third kappa shape index (κ3) is 4.16. The summed E-state index contributed by atoms with van der Waals surface area (Å²) in [5.41, 5.74) is 0. The molecule has 116 valence electrons. The summed E-state index contributed by atoms with van der Waals surface area (Å²) in [6.45, 7) is 2.64. The molecule has 0 radical (unpaired) electrons. The molecule has 0 fully saturated rings. The molecule has 1 N–H and O–H groups in total.